The number of Topliss-reactive ketones (excluding diaryl/α,β-unsaturated/α-hetero) is 1. The molecule has 5 rings (SSSR count). The van der Waals surface area contributed by atoms with Crippen LogP contribution in [0.25, 0.3) is 0 Å². The molecule has 1 aromatic rings. The largest absolute Gasteiger partial charge is 0.397 e. The number of carbonyl (C=O) groups is 1. The molecule has 0 saturated heterocycles. The Labute approximate surface area is 198 Å². The van der Waals surface area contributed by atoms with Gasteiger partial charge in [0.1, 0.15) is 0 Å². The molecule has 4 aliphatic carbocycles. The third-order valence-corrected chi connectivity index (χ3v) is 10.5. The Morgan fingerprint density at radius 2 is 1.88 bits per heavy atom. The van der Waals surface area contributed by atoms with Gasteiger partial charge in [-0.05, 0) is 110 Å². The van der Waals surface area contributed by atoms with Crippen LogP contribution in [0.5, 0.6) is 0 Å². The number of anilines is 2. The van der Waals surface area contributed by atoms with E-state index in [9.17, 15) is 4.79 Å². The van der Waals surface area contributed by atoms with Crippen molar-refractivity contribution in [1.29, 1.82) is 0 Å². The number of nitrogens with zero attached hydrogens (tertiary/aromatic N) is 1. The van der Waals surface area contributed by atoms with Gasteiger partial charge in [0.05, 0.1) is 17.9 Å². The van der Waals surface area contributed by atoms with E-state index in [1.54, 1.807) is 18.2 Å². The Morgan fingerprint density at radius 3 is 2.69 bits per heavy atom. The second-order valence-corrected chi connectivity index (χ2v) is 12.3. The summed E-state index contributed by atoms with van der Waals surface area (Å²) in [4.78, 5) is 13.5. The lowest BCUT2D eigenvalue weighted by Crippen LogP contribution is -2.50. The molecule has 8 atom stereocenters. The van der Waals surface area contributed by atoms with Crippen LogP contribution in [0.4, 0.5) is 11.4 Å². The van der Waals surface area contributed by atoms with Crippen LogP contribution in [0, 0.1) is 46.8 Å². The van der Waals surface area contributed by atoms with Gasteiger partial charge in [0.2, 0.25) is 0 Å². The Balaban J connectivity index is 1.29. The van der Waals surface area contributed by atoms with Gasteiger partial charge in [0.25, 0.3) is 0 Å². The van der Waals surface area contributed by atoms with Crippen molar-refractivity contribution in [2.75, 3.05) is 17.3 Å². The third-order valence-electron chi connectivity index (χ3n) is 10.2. The predicted octanol–water partition coefficient (Wildman–Crippen LogP) is 6.08. The molecule has 0 spiro atoms. The zero-order chi connectivity index (χ0) is 22.6. The van der Waals surface area contributed by atoms with E-state index in [4.69, 9.17) is 23.2 Å². The minimum atomic E-state index is 0.115. The van der Waals surface area contributed by atoms with Gasteiger partial charge in [-0.1, -0.05) is 31.9 Å². The first-order chi connectivity index (χ1) is 15.3. The number of benzene rings is 1. The Bertz CT molecular complexity index is 874. The molecule has 0 radical (unpaired) electrons. The standard InChI is InChI=1S/C27H40ClN3O/c1-16-3-6-19-17(13-16)4-7-21-20(19)11-12-27(2)22(21)8-9-23(27)26(32)15-31(30)25-14-18(28)5-10-24(25)29/h5,10,14,16-17,19-23H,3-4,6-9,11-13,15,29-30H2,1-2H3. The highest BCUT2D eigenvalue weighted by Crippen LogP contribution is 2.64. The monoisotopic (exact) mass is 457 g/mol. The first kappa shape index (κ1) is 22.5. The lowest BCUT2D eigenvalue weighted by Gasteiger charge is -2.56. The topological polar surface area (TPSA) is 72.3 Å². The number of halogens is 1. The highest BCUT2D eigenvalue weighted by Gasteiger charge is 2.58. The predicted molar refractivity (Wildman–Crippen MR) is 132 cm³/mol. The number of hydrazine groups is 1. The molecule has 4 fully saturated rings. The zero-order valence-electron chi connectivity index (χ0n) is 19.7. The molecule has 1 aromatic carbocycles. The Hall–Kier alpha value is -1.26. The van der Waals surface area contributed by atoms with Crippen LogP contribution in [0.3, 0.4) is 0 Å². The van der Waals surface area contributed by atoms with Crippen molar-refractivity contribution in [2.24, 2.45) is 52.7 Å². The van der Waals surface area contributed by atoms with Gasteiger partial charge in [-0.15, -0.1) is 0 Å². The summed E-state index contributed by atoms with van der Waals surface area (Å²) in [6.07, 6.45) is 11.9. The molecule has 4 N–H and O–H groups in total. The van der Waals surface area contributed by atoms with E-state index >= 15 is 0 Å². The van der Waals surface area contributed by atoms with Crippen LogP contribution in [-0.2, 0) is 4.79 Å². The first-order valence-corrected chi connectivity index (χ1v) is 13.3. The number of carbonyl (C=O) groups excluding carboxylic acids is 1. The number of hydrogen-bond acceptors (Lipinski definition) is 4. The molecule has 0 amide bonds. The molecular formula is C27H40ClN3O. The summed E-state index contributed by atoms with van der Waals surface area (Å²) in [5.74, 6) is 12.0. The van der Waals surface area contributed by atoms with E-state index in [1.165, 1.54) is 56.4 Å². The maximum absolute atomic E-state index is 13.5. The van der Waals surface area contributed by atoms with Crippen LogP contribution >= 0.6 is 11.6 Å². The summed E-state index contributed by atoms with van der Waals surface area (Å²) in [7, 11) is 0. The fraction of sp³-hybridized carbons (Fsp3) is 0.741. The summed E-state index contributed by atoms with van der Waals surface area (Å²) < 4.78 is 0. The first-order valence-electron chi connectivity index (χ1n) is 12.9. The van der Waals surface area contributed by atoms with Gasteiger partial charge in [-0.25, -0.2) is 5.84 Å². The lowest BCUT2D eigenvalue weighted by molar-refractivity contribution is -0.129. The minimum absolute atomic E-state index is 0.115. The smallest absolute Gasteiger partial charge is 0.157 e. The van der Waals surface area contributed by atoms with E-state index < -0.39 is 0 Å². The fourth-order valence-electron chi connectivity index (χ4n) is 8.75. The molecule has 4 saturated carbocycles. The normalized spacial score (nSPS) is 40.8. The number of nitrogens with two attached hydrogens (primary N) is 2. The maximum Gasteiger partial charge on any atom is 0.157 e. The van der Waals surface area contributed by atoms with Crippen molar-refractivity contribution in [3.8, 4) is 0 Å². The van der Waals surface area contributed by atoms with Gasteiger partial charge >= 0.3 is 0 Å². The highest BCUT2D eigenvalue weighted by molar-refractivity contribution is 6.31. The molecule has 0 aromatic heterocycles. The second-order valence-electron chi connectivity index (χ2n) is 11.8. The third kappa shape index (κ3) is 3.76. The van der Waals surface area contributed by atoms with Crippen molar-refractivity contribution >= 4 is 28.8 Å². The zero-order valence-corrected chi connectivity index (χ0v) is 20.5. The summed E-state index contributed by atoms with van der Waals surface area (Å²) in [5.41, 5.74) is 7.42. The molecule has 0 aliphatic heterocycles. The summed E-state index contributed by atoms with van der Waals surface area (Å²) in [5, 5.41) is 2.08. The number of ketones is 1. The number of hydrogen-bond donors (Lipinski definition) is 2. The fourth-order valence-corrected chi connectivity index (χ4v) is 8.91. The van der Waals surface area contributed by atoms with Crippen LogP contribution < -0.4 is 16.6 Å². The number of nitrogen functional groups attached to an aromatic ring is 1. The van der Waals surface area contributed by atoms with Gasteiger partial charge in [0.15, 0.2) is 5.78 Å². The van der Waals surface area contributed by atoms with Crippen molar-refractivity contribution < 1.29 is 4.79 Å². The lowest BCUT2D eigenvalue weighted by atomic mass is 9.49. The van der Waals surface area contributed by atoms with E-state index in [0.717, 1.165) is 36.0 Å². The Morgan fingerprint density at radius 1 is 1.09 bits per heavy atom. The average molecular weight is 458 g/mol. The number of fused-ring (bicyclic) bond motifs is 5. The number of rotatable bonds is 4. The molecule has 8 unspecified atom stereocenters. The van der Waals surface area contributed by atoms with Crippen LogP contribution in [0.15, 0.2) is 18.2 Å². The van der Waals surface area contributed by atoms with Crippen molar-refractivity contribution in [3.63, 3.8) is 0 Å². The van der Waals surface area contributed by atoms with E-state index in [1.807, 2.05) is 0 Å². The van der Waals surface area contributed by atoms with E-state index in [-0.39, 0.29) is 23.7 Å². The molecule has 4 aliphatic rings. The second kappa shape index (κ2) is 8.51. The summed E-state index contributed by atoms with van der Waals surface area (Å²) >= 11 is 6.14. The highest BCUT2D eigenvalue weighted by atomic mass is 35.5. The van der Waals surface area contributed by atoms with E-state index in [2.05, 4.69) is 13.8 Å². The SMILES string of the molecule is CC1CCC2C(CCC3C2CCC2(C)C(C(=O)CN(N)c4cc(Cl)ccc4N)CCC32)C1. The summed E-state index contributed by atoms with van der Waals surface area (Å²) in [6.45, 7) is 5.08. The molecular weight excluding hydrogens is 418 g/mol. The van der Waals surface area contributed by atoms with Crippen LogP contribution in [0.2, 0.25) is 5.02 Å². The minimum Gasteiger partial charge on any atom is -0.397 e. The van der Waals surface area contributed by atoms with Crippen LogP contribution in [-0.4, -0.2) is 12.3 Å². The maximum atomic E-state index is 13.5. The molecule has 32 heavy (non-hydrogen) atoms. The van der Waals surface area contributed by atoms with Crippen molar-refractivity contribution in [2.45, 2.75) is 71.6 Å². The van der Waals surface area contributed by atoms with Gasteiger partial charge in [-0.3, -0.25) is 4.79 Å². The molecule has 5 heteroatoms. The molecule has 176 valence electrons. The van der Waals surface area contributed by atoms with Crippen molar-refractivity contribution in [1.82, 2.24) is 0 Å². The van der Waals surface area contributed by atoms with Crippen molar-refractivity contribution in [3.05, 3.63) is 23.2 Å². The molecule has 4 nitrogen and oxygen atoms in total. The molecule has 0 bridgehead atoms. The van der Waals surface area contributed by atoms with Gasteiger partial charge < -0.3 is 10.7 Å². The van der Waals surface area contributed by atoms with Crippen LogP contribution in [0.1, 0.15) is 71.6 Å². The van der Waals surface area contributed by atoms with Gasteiger partial charge in [0, 0.05) is 10.9 Å². The quantitative estimate of drug-likeness (QED) is 0.326. The average Bonchev–Trinajstić information content (AvgIpc) is 3.12. The summed E-state index contributed by atoms with van der Waals surface area (Å²) in [6, 6.07) is 5.25. The van der Waals surface area contributed by atoms with Gasteiger partial charge in [-0.2, -0.15) is 0 Å². The molecule has 0 heterocycles. The van der Waals surface area contributed by atoms with E-state index in [0.29, 0.717) is 22.3 Å². The Kier molecular flexibility index (Phi) is 5.99.